The molecule has 1 aromatic rings. The lowest BCUT2D eigenvalue weighted by Crippen LogP contribution is -2.39. The van der Waals surface area contributed by atoms with Crippen molar-refractivity contribution in [2.24, 2.45) is 5.73 Å². The summed E-state index contributed by atoms with van der Waals surface area (Å²) in [5.41, 5.74) is 9.07. The van der Waals surface area contributed by atoms with E-state index < -0.39 is 0 Å². The number of aryl methyl sites for hydroxylation is 1. The molecule has 0 bridgehead atoms. The van der Waals surface area contributed by atoms with E-state index >= 15 is 0 Å². The maximum atomic E-state index is 6.57. The summed E-state index contributed by atoms with van der Waals surface area (Å²) in [5.74, 6) is 0. The Bertz CT molecular complexity index is 367. The summed E-state index contributed by atoms with van der Waals surface area (Å²) in [7, 11) is 0. The van der Waals surface area contributed by atoms with Crippen LogP contribution in [0.5, 0.6) is 0 Å². The Labute approximate surface area is 103 Å². The van der Waals surface area contributed by atoms with Crippen LogP contribution < -0.4 is 5.73 Å². The molecule has 0 atom stereocenters. The predicted octanol–water partition coefficient (Wildman–Crippen LogP) is 4.02. The molecule has 0 saturated heterocycles. The molecular formula is C14H20ClN. The van der Waals surface area contributed by atoms with E-state index in [4.69, 9.17) is 17.3 Å². The topological polar surface area (TPSA) is 26.0 Å². The standard InChI is InChI=1S/C14H20ClN/c1-2-11-6-7-12(15)10-13(11)14(16)8-4-3-5-9-14/h6-7,10H,2-5,8-9,16H2,1H3. The molecule has 0 aliphatic heterocycles. The second kappa shape index (κ2) is 4.77. The molecule has 2 rings (SSSR count). The molecule has 0 spiro atoms. The highest BCUT2D eigenvalue weighted by atomic mass is 35.5. The number of hydrogen-bond acceptors (Lipinski definition) is 1. The Morgan fingerprint density at radius 3 is 2.56 bits per heavy atom. The molecule has 1 aliphatic carbocycles. The van der Waals surface area contributed by atoms with Gasteiger partial charge in [0, 0.05) is 10.6 Å². The molecule has 0 aromatic heterocycles. The Morgan fingerprint density at radius 2 is 1.94 bits per heavy atom. The third-order valence-electron chi connectivity index (χ3n) is 3.74. The van der Waals surface area contributed by atoms with Crippen molar-refractivity contribution in [1.29, 1.82) is 0 Å². The fraction of sp³-hybridized carbons (Fsp3) is 0.571. The van der Waals surface area contributed by atoms with Crippen molar-refractivity contribution in [2.75, 3.05) is 0 Å². The molecule has 1 nitrogen and oxygen atoms in total. The molecule has 1 fully saturated rings. The molecule has 0 heterocycles. The maximum Gasteiger partial charge on any atom is 0.0412 e. The highest BCUT2D eigenvalue weighted by molar-refractivity contribution is 6.30. The molecule has 0 radical (unpaired) electrons. The minimum Gasteiger partial charge on any atom is -0.321 e. The molecule has 16 heavy (non-hydrogen) atoms. The van der Waals surface area contributed by atoms with Crippen LogP contribution in [0.25, 0.3) is 0 Å². The van der Waals surface area contributed by atoms with Gasteiger partial charge < -0.3 is 5.73 Å². The van der Waals surface area contributed by atoms with Crippen molar-refractivity contribution in [3.63, 3.8) is 0 Å². The van der Waals surface area contributed by atoms with E-state index in [1.807, 2.05) is 6.07 Å². The van der Waals surface area contributed by atoms with E-state index in [0.29, 0.717) is 0 Å². The van der Waals surface area contributed by atoms with Gasteiger partial charge in [0.1, 0.15) is 0 Å². The number of nitrogens with two attached hydrogens (primary N) is 1. The number of hydrogen-bond donors (Lipinski definition) is 1. The summed E-state index contributed by atoms with van der Waals surface area (Å²) in [6, 6.07) is 6.17. The second-order valence-electron chi connectivity index (χ2n) is 4.87. The molecular weight excluding hydrogens is 218 g/mol. The van der Waals surface area contributed by atoms with E-state index in [1.165, 1.54) is 30.4 Å². The Morgan fingerprint density at radius 1 is 1.25 bits per heavy atom. The minimum absolute atomic E-state index is 0.130. The zero-order valence-electron chi connectivity index (χ0n) is 9.93. The second-order valence-corrected chi connectivity index (χ2v) is 5.31. The van der Waals surface area contributed by atoms with Crippen LogP contribution in [0.3, 0.4) is 0 Å². The van der Waals surface area contributed by atoms with Gasteiger partial charge in [0.25, 0.3) is 0 Å². The molecule has 1 aliphatic rings. The smallest absolute Gasteiger partial charge is 0.0412 e. The van der Waals surface area contributed by atoms with Crippen molar-refractivity contribution in [2.45, 2.75) is 51.0 Å². The number of rotatable bonds is 2. The average Bonchev–Trinajstić information content (AvgIpc) is 2.30. The zero-order valence-corrected chi connectivity index (χ0v) is 10.7. The van der Waals surface area contributed by atoms with Gasteiger partial charge in [-0.05, 0) is 42.5 Å². The van der Waals surface area contributed by atoms with E-state index in [9.17, 15) is 0 Å². The first-order valence-electron chi connectivity index (χ1n) is 6.23. The van der Waals surface area contributed by atoms with Gasteiger partial charge in [-0.1, -0.05) is 43.9 Å². The van der Waals surface area contributed by atoms with E-state index in [-0.39, 0.29) is 5.54 Å². The van der Waals surface area contributed by atoms with Crippen molar-refractivity contribution in [1.82, 2.24) is 0 Å². The molecule has 0 amide bonds. The molecule has 0 unspecified atom stereocenters. The lowest BCUT2D eigenvalue weighted by atomic mass is 9.75. The lowest BCUT2D eigenvalue weighted by Gasteiger charge is -2.35. The predicted molar refractivity (Wildman–Crippen MR) is 69.8 cm³/mol. The van der Waals surface area contributed by atoms with Crippen molar-refractivity contribution >= 4 is 11.6 Å². The third-order valence-corrected chi connectivity index (χ3v) is 3.97. The van der Waals surface area contributed by atoms with Gasteiger partial charge in [0.15, 0.2) is 0 Å². The third kappa shape index (κ3) is 2.26. The normalized spacial score (nSPS) is 19.7. The van der Waals surface area contributed by atoms with Gasteiger partial charge >= 0.3 is 0 Å². The van der Waals surface area contributed by atoms with Crippen LogP contribution in [0, 0.1) is 0 Å². The first-order valence-corrected chi connectivity index (χ1v) is 6.61. The summed E-state index contributed by atoms with van der Waals surface area (Å²) in [6.45, 7) is 2.18. The molecule has 2 heteroatoms. The van der Waals surface area contributed by atoms with Crippen molar-refractivity contribution < 1.29 is 0 Å². The van der Waals surface area contributed by atoms with E-state index in [1.54, 1.807) is 0 Å². The SMILES string of the molecule is CCc1ccc(Cl)cc1C1(N)CCCCC1. The maximum absolute atomic E-state index is 6.57. The van der Waals surface area contributed by atoms with E-state index in [2.05, 4.69) is 19.1 Å². The van der Waals surface area contributed by atoms with Crippen LogP contribution in [0.15, 0.2) is 18.2 Å². The Balaban J connectivity index is 2.40. The van der Waals surface area contributed by atoms with Crippen LogP contribution in [-0.4, -0.2) is 0 Å². The molecule has 1 saturated carbocycles. The van der Waals surface area contributed by atoms with Gasteiger partial charge in [-0.25, -0.2) is 0 Å². The summed E-state index contributed by atoms with van der Waals surface area (Å²) in [4.78, 5) is 0. The zero-order chi connectivity index (χ0) is 11.6. The Kier molecular flexibility index (Phi) is 3.56. The number of benzene rings is 1. The van der Waals surface area contributed by atoms with Crippen LogP contribution in [-0.2, 0) is 12.0 Å². The molecule has 2 N–H and O–H groups in total. The quantitative estimate of drug-likeness (QED) is 0.826. The average molecular weight is 238 g/mol. The molecule has 1 aromatic carbocycles. The van der Waals surface area contributed by atoms with Gasteiger partial charge in [-0.2, -0.15) is 0 Å². The summed E-state index contributed by atoms with van der Waals surface area (Å²) in [5, 5.41) is 0.808. The first-order chi connectivity index (χ1) is 7.65. The monoisotopic (exact) mass is 237 g/mol. The van der Waals surface area contributed by atoms with Crippen LogP contribution in [0.2, 0.25) is 5.02 Å². The van der Waals surface area contributed by atoms with Crippen LogP contribution in [0.4, 0.5) is 0 Å². The Hall–Kier alpha value is -0.530. The van der Waals surface area contributed by atoms with Gasteiger partial charge in [0.2, 0.25) is 0 Å². The number of halogens is 1. The summed E-state index contributed by atoms with van der Waals surface area (Å²) < 4.78 is 0. The summed E-state index contributed by atoms with van der Waals surface area (Å²) >= 11 is 6.10. The fourth-order valence-electron chi connectivity index (χ4n) is 2.77. The highest BCUT2D eigenvalue weighted by Gasteiger charge is 2.31. The lowest BCUT2D eigenvalue weighted by molar-refractivity contribution is 0.300. The highest BCUT2D eigenvalue weighted by Crippen LogP contribution is 2.37. The van der Waals surface area contributed by atoms with Crippen LogP contribution >= 0.6 is 11.6 Å². The first kappa shape index (κ1) is 11.9. The fourth-order valence-corrected chi connectivity index (χ4v) is 2.94. The van der Waals surface area contributed by atoms with Crippen molar-refractivity contribution in [3.05, 3.63) is 34.3 Å². The minimum atomic E-state index is -0.130. The molecule has 88 valence electrons. The van der Waals surface area contributed by atoms with Crippen molar-refractivity contribution in [3.8, 4) is 0 Å². The van der Waals surface area contributed by atoms with E-state index in [0.717, 1.165) is 24.3 Å². The van der Waals surface area contributed by atoms with Gasteiger partial charge in [-0.15, -0.1) is 0 Å². The summed E-state index contributed by atoms with van der Waals surface area (Å²) in [6.07, 6.45) is 7.03. The van der Waals surface area contributed by atoms with Gasteiger partial charge in [0.05, 0.1) is 0 Å². The largest absolute Gasteiger partial charge is 0.321 e. The van der Waals surface area contributed by atoms with Gasteiger partial charge in [-0.3, -0.25) is 0 Å². The van der Waals surface area contributed by atoms with Crippen LogP contribution in [0.1, 0.15) is 50.2 Å².